The van der Waals surface area contributed by atoms with E-state index >= 15 is 0 Å². The smallest absolute Gasteiger partial charge is 0.218 e. The van der Waals surface area contributed by atoms with Gasteiger partial charge in [-0.2, -0.15) is 4.31 Å². The number of rotatable bonds is 5. The van der Waals surface area contributed by atoms with Crippen LogP contribution in [0, 0.1) is 18.6 Å². The summed E-state index contributed by atoms with van der Waals surface area (Å²) in [4.78, 5) is 10.9. The average molecular weight is 433 g/mol. The van der Waals surface area contributed by atoms with E-state index in [2.05, 4.69) is 9.97 Å². The first-order chi connectivity index (χ1) is 14.3. The van der Waals surface area contributed by atoms with Crippen molar-refractivity contribution in [3.05, 3.63) is 71.8 Å². The minimum atomic E-state index is -3.77. The van der Waals surface area contributed by atoms with Crippen LogP contribution in [0.4, 0.5) is 14.6 Å². The van der Waals surface area contributed by atoms with Crippen molar-refractivity contribution in [3.8, 4) is 5.82 Å². The molecule has 7 nitrogen and oxygen atoms in total. The van der Waals surface area contributed by atoms with E-state index < -0.39 is 27.4 Å². The molecule has 1 aliphatic heterocycles. The average Bonchev–Trinajstić information content (AvgIpc) is 3.25. The van der Waals surface area contributed by atoms with Crippen LogP contribution >= 0.6 is 0 Å². The van der Waals surface area contributed by atoms with Crippen molar-refractivity contribution < 1.29 is 17.2 Å². The van der Waals surface area contributed by atoms with Crippen LogP contribution in [-0.4, -0.2) is 53.4 Å². The summed E-state index contributed by atoms with van der Waals surface area (Å²) >= 11 is 0. The minimum absolute atomic E-state index is 0.166. The molecule has 10 heteroatoms. The number of hydrogen-bond acceptors (Lipinski definition) is 5. The zero-order valence-corrected chi connectivity index (χ0v) is 17.2. The van der Waals surface area contributed by atoms with E-state index in [-0.39, 0.29) is 18.7 Å². The van der Waals surface area contributed by atoms with Gasteiger partial charge in [0.05, 0.1) is 5.75 Å². The van der Waals surface area contributed by atoms with Gasteiger partial charge in [-0.1, -0.05) is 0 Å². The van der Waals surface area contributed by atoms with E-state index in [9.17, 15) is 17.2 Å². The summed E-state index contributed by atoms with van der Waals surface area (Å²) in [5.41, 5.74) is -0.166. The van der Waals surface area contributed by atoms with Crippen molar-refractivity contribution in [2.24, 2.45) is 0 Å². The predicted molar refractivity (Wildman–Crippen MR) is 109 cm³/mol. The summed E-state index contributed by atoms with van der Waals surface area (Å²) in [6, 6.07) is 8.51. The molecule has 0 bridgehead atoms. The molecular formula is C20H21F2N5O2S. The van der Waals surface area contributed by atoms with Gasteiger partial charge in [-0.15, -0.1) is 0 Å². The molecule has 158 valence electrons. The molecule has 1 aliphatic rings. The highest BCUT2D eigenvalue weighted by Gasteiger charge is 2.29. The normalized spacial score (nSPS) is 15.5. The Labute approximate surface area is 173 Å². The van der Waals surface area contributed by atoms with Crippen molar-refractivity contribution in [3.63, 3.8) is 0 Å². The molecule has 0 aliphatic carbocycles. The van der Waals surface area contributed by atoms with Gasteiger partial charge in [0.2, 0.25) is 10.0 Å². The Morgan fingerprint density at radius 3 is 2.33 bits per heavy atom. The molecule has 0 spiro atoms. The molecular weight excluding hydrogens is 412 g/mol. The Morgan fingerprint density at radius 2 is 1.63 bits per heavy atom. The molecule has 4 rings (SSSR count). The number of halogens is 2. The second-order valence-corrected chi connectivity index (χ2v) is 9.07. The quantitative estimate of drug-likeness (QED) is 0.618. The zero-order valence-electron chi connectivity index (χ0n) is 16.4. The Bertz CT molecular complexity index is 1140. The van der Waals surface area contributed by atoms with E-state index in [1.54, 1.807) is 0 Å². The molecule has 1 fully saturated rings. The second-order valence-electron chi connectivity index (χ2n) is 7.10. The van der Waals surface area contributed by atoms with E-state index in [1.165, 1.54) is 4.31 Å². The van der Waals surface area contributed by atoms with Gasteiger partial charge < -0.3 is 9.47 Å². The van der Waals surface area contributed by atoms with E-state index in [0.29, 0.717) is 18.9 Å². The molecule has 0 N–H and O–H groups in total. The molecule has 1 saturated heterocycles. The first-order valence-corrected chi connectivity index (χ1v) is 11.1. The van der Waals surface area contributed by atoms with Gasteiger partial charge in [-0.3, -0.25) is 0 Å². The Hall–Kier alpha value is -2.85. The highest BCUT2D eigenvalue weighted by molar-refractivity contribution is 7.88. The van der Waals surface area contributed by atoms with E-state index in [1.807, 2.05) is 47.0 Å². The monoisotopic (exact) mass is 433 g/mol. The van der Waals surface area contributed by atoms with Gasteiger partial charge in [-0.05, 0) is 37.3 Å². The summed E-state index contributed by atoms with van der Waals surface area (Å²) in [6.45, 7) is 3.16. The second kappa shape index (κ2) is 8.11. The number of aromatic nitrogens is 3. The number of anilines is 1. The maximum Gasteiger partial charge on any atom is 0.218 e. The lowest BCUT2D eigenvalue weighted by molar-refractivity contribution is 0.382. The molecule has 0 saturated carbocycles. The van der Waals surface area contributed by atoms with Crippen LogP contribution in [0.25, 0.3) is 5.82 Å². The highest BCUT2D eigenvalue weighted by atomic mass is 32.2. The van der Waals surface area contributed by atoms with Crippen LogP contribution < -0.4 is 4.90 Å². The first-order valence-electron chi connectivity index (χ1n) is 9.47. The molecule has 0 amide bonds. The fourth-order valence-electron chi connectivity index (χ4n) is 3.46. The maximum atomic E-state index is 13.9. The summed E-state index contributed by atoms with van der Waals surface area (Å²) < 4.78 is 55.9. The van der Waals surface area contributed by atoms with Crippen LogP contribution in [0.2, 0.25) is 0 Å². The fraction of sp³-hybridized carbons (Fsp3) is 0.300. The van der Waals surface area contributed by atoms with Crippen molar-refractivity contribution in [2.75, 3.05) is 31.1 Å². The summed E-state index contributed by atoms with van der Waals surface area (Å²) in [5.74, 6) is 0.115. The van der Waals surface area contributed by atoms with E-state index in [4.69, 9.17) is 0 Å². The lowest BCUT2D eigenvalue weighted by Crippen LogP contribution is -2.49. The van der Waals surface area contributed by atoms with Crippen LogP contribution in [0.5, 0.6) is 0 Å². The summed E-state index contributed by atoms with van der Waals surface area (Å²) in [7, 11) is -3.77. The highest BCUT2D eigenvalue weighted by Crippen LogP contribution is 2.21. The number of hydrogen-bond donors (Lipinski definition) is 0. The third-order valence-corrected chi connectivity index (χ3v) is 6.81. The lowest BCUT2D eigenvalue weighted by Gasteiger charge is -2.34. The lowest BCUT2D eigenvalue weighted by atomic mass is 10.2. The number of sulfonamides is 1. The van der Waals surface area contributed by atoms with Gasteiger partial charge in [0.25, 0.3) is 0 Å². The van der Waals surface area contributed by atoms with Crippen molar-refractivity contribution in [1.29, 1.82) is 0 Å². The summed E-state index contributed by atoms with van der Waals surface area (Å²) in [6.07, 6.45) is 3.78. The summed E-state index contributed by atoms with van der Waals surface area (Å²) in [5, 5.41) is 0. The standard InChI is InChI=1S/C20H21F2N5O2S/c1-15-23-19(25-6-2-3-7-25)13-20(24-15)26-8-10-27(11-9-26)30(28,29)14-16-12-17(21)4-5-18(16)22/h2-7,12-13H,8-11,14H2,1H3. The number of piperazine rings is 1. The zero-order chi connectivity index (χ0) is 21.3. The van der Waals surface area contributed by atoms with Crippen LogP contribution in [0.3, 0.4) is 0 Å². The number of nitrogens with zero attached hydrogens (tertiary/aromatic N) is 5. The predicted octanol–water partition coefficient (Wildman–Crippen LogP) is 2.51. The van der Waals surface area contributed by atoms with Crippen LogP contribution in [0.1, 0.15) is 11.4 Å². The van der Waals surface area contributed by atoms with Crippen molar-refractivity contribution in [1.82, 2.24) is 18.8 Å². The Kier molecular flexibility index (Phi) is 5.52. The molecule has 30 heavy (non-hydrogen) atoms. The Morgan fingerprint density at radius 1 is 0.967 bits per heavy atom. The molecule has 3 heterocycles. The Balaban J connectivity index is 1.47. The largest absolute Gasteiger partial charge is 0.354 e. The molecule has 0 unspecified atom stereocenters. The van der Waals surface area contributed by atoms with Gasteiger partial charge in [0.1, 0.15) is 29.1 Å². The number of aryl methyl sites for hydroxylation is 1. The number of benzene rings is 1. The molecule has 3 aromatic rings. The molecule has 0 atom stereocenters. The topological polar surface area (TPSA) is 71.3 Å². The third kappa shape index (κ3) is 4.34. The molecule has 1 aromatic carbocycles. The molecule has 0 radical (unpaired) electrons. The van der Waals surface area contributed by atoms with E-state index in [0.717, 1.165) is 29.8 Å². The van der Waals surface area contributed by atoms with Crippen LogP contribution in [0.15, 0.2) is 48.8 Å². The van der Waals surface area contributed by atoms with Gasteiger partial charge in [-0.25, -0.2) is 27.2 Å². The van der Waals surface area contributed by atoms with Crippen LogP contribution in [-0.2, 0) is 15.8 Å². The SMILES string of the molecule is Cc1nc(N2CCN(S(=O)(=O)Cc3cc(F)ccc3F)CC2)cc(-n2cccc2)n1. The van der Waals surface area contributed by atoms with Gasteiger partial charge >= 0.3 is 0 Å². The third-order valence-electron chi connectivity index (χ3n) is 4.98. The molecule has 2 aromatic heterocycles. The van der Waals surface area contributed by atoms with Crippen molar-refractivity contribution >= 4 is 15.8 Å². The fourth-order valence-corrected chi connectivity index (χ4v) is 4.97. The first kappa shape index (κ1) is 20.4. The maximum absolute atomic E-state index is 13.9. The van der Waals surface area contributed by atoms with Crippen molar-refractivity contribution in [2.45, 2.75) is 12.7 Å². The van der Waals surface area contributed by atoms with Gasteiger partial charge in [0.15, 0.2) is 0 Å². The minimum Gasteiger partial charge on any atom is -0.354 e. The van der Waals surface area contributed by atoms with Gasteiger partial charge in [0, 0.05) is 50.2 Å².